The number of amides is 1. The Morgan fingerprint density at radius 2 is 2.00 bits per heavy atom. The van der Waals surface area contributed by atoms with E-state index < -0.39 is 5.91 Å². The normalized spacial score (nSPS) is 10.3. The molecule has 0 aliphatic carbocycles. The molecular formula is C20H15ClN4O2. The van der Waals surface area contributed by atoms with Crippen molar-refractivity contribution in [3.8, 4) is 17.5 Å². The number of nitriles is 1. The fourth-order valence-electron chi connectivity index (χ4n) is 2.63. The first-order valence-electron chi connectivity index (χ1n) is 8.11. The van der Waals surface area contributed by atoms with E-state index in [4.69, 9.17) is 16.9 Å². The average molecular weight is 379 g/mol. The molecule has 1 amide bonds. The Kier molecular flexibility index (Phi) is 5.34. The van der Waals surface area contributed by atoms with Crippen molar-refractivity contribution in [2.24, 2.45) is 0 Å². The van der Waals surface area contributed by atoms with Crippen molar-refractivity contribution in [3.63, 3.8) is 0 Å². The van der Waals surface area contributed by atoms with Crippen LogP contribution in [0.3, 0.4) is 0 Å². The van der Waals surface area contributed by atoms with Crippen molar-refractivity contribution >= 4 is 23.2 Å². The summed E-state index contributed by atoms with van der Waals surface area (Å²) in [7, 11) is 0. The Labute approximate surface area is 160 Å². The van der Waals surface area contributed by atoms with Gasteiger partial charge in [-0.25, -0.2) is 4.98 Å². The van der Waals surface area contributed by atoms with Gasteiger partial charge in [0.25, 0.3) is 5.56 Å². The fraction of sp³-hybridized carbons (Fsp3) is 0.100. The highest BCUT2D eigenvalue weighted by molar-refractivity contribution is 6.30. The Hall–Kier alpha value is -3.43. The number of aryl methyl sites for hydroxylation is 1. The van der Waals surface area contributed by atoms with Crippen LogP contribution in [-0.4, -0.2) is 15.5 Å². The van der Waals surface area contributed by atoms with E-state index in [1.165, 1.54) is 10.6 Å². The van der Waals surface area contributed by atoms with Crippen molar-refractivity contribution < 1.29 is 4.79 Å². The standard InChI is InChI=1S/C20H15ClN4O2/c1-13-8-19(27)25(20(23-13)15-5-3-6-16(21)10-15)12-18(26)24-17-7-2-4-14(9-17)11-22/h2-10H,12H2,1H3,(H,24,26). The maximum absolute atomic E-state index is 12.5. The number of hydrogen-bond donors (Lipinski definition) is 1. The quantitative estimate of drug-likeness (QED) is 0.753. The van der Waals surface area contributed by atoms with E-state index in [0.29, 0.717) is 33.4 Å². The lowest BCUT2D eigenvalue weighted by atomic mass is 10.2. The first-order valence-corrected chi connectivity index (χ1v) is 8.48. The summed E-state index contributed by atoms with van der Waals surface area (Å²) in [5.41, 5.74) is 1.77. The largest absolute Gasteiger partial charge is 0.324 e. The Bertz CT molecular complexity index is 1120. The van der Waals surface area contributed by atoms with Gasteiger partial charge in [-0.05, 0) is 37.3 Å². The summed E-state index contributed by atoms with van der Waals surface area (Å²) < 4.78 is 1.29. The topological polar surface area (TPSA) is 87.8 Å². The molecule has 0 unspecified atom stereocenters. The van der Waals surface area contributed by atoms with Crippen LogP contribution in [0.5, 0.6) is 0 Å². The molecule has 1 heterocycles. The first-order chi connectivity index (χ1) is 13.0. The summed E-state index contributed by atoms with van der Waals surface area (Å²) in [5, 5.41) is 12.2. The third-order valence-electron chi connectivity index (χ3n) is 3.80. The van der Waals surface area contributed by atoms with E-state index in [2.05, 4.69) is 10.3 Å². The molecule has 0 aliphatic heterocycles. The van der Waals surface area contributed by atoms with Gasteiger partial charge in [-0.3, -0.25) is 14.2 Å². The molecule has 0 bridgehead atoms. The molecule has 27 heavy (non-hydrogen) atoms. The lowest BCUT2D eigenvalue weighted by Crippen LogP contribution is -2.29. The van der Waals surface area contributed by atoms with Crippen LogP contribution in [0.1, 0.15) is 11.3 Å². The highest BCUT2D eigenvalue weighted by atomic mass is 35.5. The molecule has 0 aliphatic rings. The second-order valence-electron chi connectivity index (χ2n) is 5.90. The molecule has 0 radical (unpaired) electrons. The molecule has 1 aromatic heterocycles. The first kappa shape index (κ1) is 18.4. The number of rotatable bonds is 4. The SMILES string of the molecule is Cc1cc(=O)n(CC(=O)Nc2cccc(C#N)c2)c(-c2cccc(Cl)c2)n1. The van der Waals surface area contributed by atoms with Crippen LogP contribution in [0.2, 0.25) is 5.02 Å². The van der Waals surface area contributed by atoms with Gasteiger partial charge in [-0.1, -0.05) is 29.8 Å². The van der Waals surface area contributed by atoms with E-state index in [9.17, 15) is 9.59 Å². The Morgan fingerprint density at radius 3 is 2.74 bits per heavy atom. The second kappa shape index (κ2) is 7.85. The van der Waals surface area contributed by atoms with Gasteiger partial charge < -0.3 is 5.32 Å². The molecule has 0 fully saturated rings. The van der Waals surface area contributed by atoms with E-state index in [0.717, 1.165) is 0 Å². The molecule has 0 saturated heterocycles. The van der Waals surface area contributed by atoms with Crippen LogP contribution in [0, 0.1) is 18.3 Å². The predicted octanol–water partition coefficient (Wildman–Crippen LogP) is 3.38. The smallest absolute Gasteiger partial charge is 0.254 e. The van der Waals surface area contributed by atoms with Gasteiger partial charge in [0.2, 0.25) is 5.91 Å². The highest BCUT2D eigenvalue weighted by Crippen LogP contribution is 2.20. The number of nitrogens with one attached hydrogen (secondary N) is 1. The summed E-state index contributed by atoms with van der Waals surface area (Å²) >= 11 is 6.05. The molecule has 3 aromatic rings. The monoisotopic (exact) mass is 378 g/mol. The number of halogens is 1. The third kappa shape index (κ3) is 4.40. The number of benzene rings is 2. The van der Waals surface area contributed by atoms with Crippen molar-refractivity contribution in [2.45, 2.75) is 13.5 Å². The molecule has 1 N–H and O–H groups in total. The molecular weight excluding hydrogens is 364 g/mol. The van der Waals surface area contributed by atoms with Gasteiger partial charge in [-0.15, -0.1) is 0 Å². The van der Waals surface area contributed by atoms with Crippen molar-refractivity contribution in [3.05, 3.63) is 81.2 Å². The highest BCUT2D eigenvalue weighted by Gasteiger charge is 2.14. The van der Waals surface area contributed by atoms with Gasteiger partial charge in [0.1, 0.15) is 12.4 Å². The van der Waals surface area contributed by atoms with Crippen LogP contribution in [0.4, 0.5) is 5.69 Å². The number of anilines is 1. The van der Waals surface area contributed by atoms with Crippen molar-refractivity contribution in [1.29, 1.82) is 5.26 Å². The van der Waals surface area contributed by atoms with E-state index in [1.807, 2.05) is 6.07 Å². The van der Waals surface area contributed by atoms with Crippen LogP contribution in [-0.2, 0) is 11.3 Å². The second-order valence-corrected chi connectivity index (χ2v) is 6.33. The zero-order valence-corrected chi connectivity index (χ0v) is 15.2. The number of hydrogen-bond acceptors (Lipinski definition) is 4. The van der Waals surface area contributed by atoms with Gasteiger partial charge in [-0.2, -0.15) is 5.26 Å². The lowest BCUT2D eigenvalue weighted by molar-refractivity contribution is -0.116. The molecule has 3 rings (SSSR count). The van der Waals surface area contributed by atoms with E-state index in [-0.39, 0.29) is 12.1 Å². The van der Waals surface area contributed by atoms with Gasteiger partial charge >= 0.3 is 0 Å². The zero-order valence-electron chi connectivity index (χ0n) is 14.4. The van der Waals surface area contributed by atoms with Gasteiger partial charge in [0, 0.05) is 28.0 Å². The summed E-state index contributed by atoms with van der Waals surface area (Å²) in [4.78, 5) is 29.3. The minimum Gasteiger partial charge on any atom is -0.324 e. The molecule has 0 spiro atoms. The zero-order chi connectivity index (χ0) is 19.4. The van der Waals surface area contributed by atoms with Crippen LogP contribution in [0.25, 0.3) is 11.4 Å². The Morgan fingerprint density at radius 1 is 1.22 bits per heavy atom. The van der Waals surface area contributed by atoms with Gasteiger partial charge in [0.15, 0.2) is 0 Å². The molecule has 0 atom stereocenters. The number of carbonyl (C=O) groups is 1. The number of nitrogens with zero attached hydrogens (tertiary/aromatic N) is 3. The minimum atomic E-state index is -0.402. The number of aromatic nitrogens is 2. The molecule has 2 aromatic carbocycles. The maximum Gasteiger partial charge on any atom is 0.254 e. The average Bonchev–Trinajstić information content (AvgIpc) is 2.64. The van der Waals surface area contributed by atoms with E-state index in [1.54, 1.807) is 55.5 Å². The van der Waals surface area contributed by atoms with Crippen LogP contribution >= 0.6 is 11.6 Å². The maximum atomic E-state index is 12.5. The van der Waals surface area contributed by atoms with E-state index >= 15 is 0 Å². The molecule has 6 nitrogen and oxygen atoms in total. The molecule has 134 valence electrons. The summed E-state index contributed by atoms with van der Waals surface area (Å²) in [6.45, 7) is 1.50. The third-order valence-corrected chi connectivity index (χ3v) is 4.03. The van der Waals surface area contributed by atoms with Crippen LogP contribution < -0.4 is 10.9 Å². The van der Waals surface area contributed by atoms with Gasteiger partial charge in [0.05, 0.1) is 11.6 Å². The fourth-order valence-corrected chi connectivity index (χ4v) is 2.82. The summed E-state index contributed by atoms with van der Waals surface area (Å²) in [6, 6.07) is 16.9. The van der Waals surface area contributed by atoms with Crippen molar-refractivity contribution in [1.82, 2.24) is 9.55 Å². The Balaban J connectivity index is 1.93. The van der Waals surface area contributed by atoms with Crippen LogP contribution in [0.15, 0.2) is 59.4 Å². The predicted molar refractivity (Wildman–Crippen MR) is 103 cm³/mol. The molecule has 7 heteroatoms. The molecule has 0 saturated carbocycles. The lowest BCUT2D eigenvalue weighted by Gasteiger charge is -2.13. The van der Waals surface area contributed by atoms with Crippen molar-refractivity contribution in [2.75, 3.05) is 5.32 Å². The minimum absolute atomic E-state index is 0.218. The summed E-state index contributed by atoms with van der Waals surface area (Å²) in [6.07, 6.45) is 0. The number of carbonyl (C=O) groups excluding carboxylic acids is 1. The summed E-state index contributed by atoms with van der Waals surface area (Å²) in [5.74, 6) is -0.0375.